The topological polar surface area (TPSA) is 81.5 Å². The van der Waals surface area contributed by atoms with Crippen LogP contribution in [0.25, 0.3) is 0 Å². The number of amides is 1. The minimum atomic E-state index is -3.68. The second-order valence-electron chi connectivity index (χ2n) is 9.44. The average Bonchev–Trinajstić information content (AvgIpc) is 3.40. The van der Waals surface area contributed by atoms with Crippen LogP contribution >= 0.6 is 0 Å². The number of rotatable bonds is 10. The summed E-state index contributed by atoms with van der Waals surface area (Å²) in [5, 5.41) is 0.0538. The van der Waals surface area contributed by atoms with E-state index in [9.17, 15) is 13.2 Å². The van der Waals surface area contributed by atoms with Crippen LogP contribution in [-0.2, 0) is 44.6 Å². The molecule has 1 atom stereocenters. The molecule has 0 bridgehead atoms. The van der Waals surface area contributed by atoms with Crippen LogP contribution in [0, 0.1) is 0 Å². The molecule has 0 N–H and O–H groups in total. The normalized spacial score (nSPS) is 18.0. The smallest absolute Gasteiger partial charge is 0.228 e. The summed E-state index contributed by atoms with van der Waals surface area (Å²) >= 11 is 0. The zero-order chi connectivity index (χ0) is 24.3. The minimum Gasteiger partial charge on any atom is -0.376 e. The third kappa shape index (κ3) is 5.82. The third-order valence-corrected chi connectivity index (χ3v) is 8.22. The van der Waals surface area contributed by atoms with Crippen molar-refractivity contribution in [2.75, 3.05) is 6.61 Å². The first kappa shape index (κ1) is 23.8. The molecule has 1 aliphatic heterocycles. The molecule has 2 fully saturated rings. The highest BCUT2D eigenvalue weighted by atomic mass is 32.2. The van der Waals surface area contributed by atoms with Crippen molar-refractivity contribution in [2.45, 2.75) is 68.2 Å². The number of sulfone groups is 1. The molecule has 1 aliphatic carbocycles. The highest BCUT2D eigenvalue weighted by Gasteiger charge is 2.34. The summed E-state index contributed by atoms with van der Waals surface area (Å²) in [6, 6.07) is 19.1. The first-order valence-electron chi connectivity index (χ1n) is 12.3. The summed E-state index contributed by atoms with van der Waals surface area (Å²) in [7, 11) is -3.68. The van der Waals surface area contributed by atoms with Gasteiger partial charge in [0.2, 0.25) is 20.9 Å². The van der Waals surface area contributed by atoms with Gasteiger partial charge in [0, 0.05) is 12.6 Å². The molecular formula is C27H31N3O4S. The molecule has 1 amide bonds. The van der Waals surface area contributed by atoms with E-state index < -0.39 is 9.84 Å². The van der Waals surface area contributed by atoms with Gasteiger partial charge >= 0.3 is 0 Å². The van der Waals surface area contributed by atoms with Crippen LogP contribution in [0.4, 0.5) is 0 Å². The van der Waals surface area contributed by atoms with Gasteiger partial charge in [-0.05, 0) is 36.8 Å². The van der Waals surface area contributed by atoms with E-state index in [1.165, 1.54) is 0 Å². The Morgan fingerprint density at radius 3 is 2.31 bits per heavy atom. The van der Waals surface area contributed by atoms with Crippen molar-refractivity contribution < 1.29 is 17.9 Å². The van der Waals surface area contributed by atoms with Crippen molar-refractivity contribution in [3.8, 4) is 0 Å². The minimum absolute atomic E-state index is 0.0528. The molecule has 0 spiro atoms. The van der Waals surface area contributed by atoms with Gasteiger partial charge < -0.3 is 14.2 Å². The molecule has 7 nitrogen and oxygen atoms in total. The fraction of sp³-hybridized carbons (Fsp3) is 0.407. The number of aromatic nitrogens is 2. The SMILES string of the molecule is O=C(Cc1ccccc1)N(Cc1cnc(S(=O)(=O)Cc2ccccc2)n1C[C@H]1CCCO1)C1CC1. The highest BCUT2D eigenvalue weighted by molar-refractivity contribution is 7.90. The second kappa shape index (κ2) is 10.3. The van der Waals surface area contributed by atoms with Crippen molar-refractivity contribution in [3.63, 3.8) is 0 Å². The maximum Gasteiger partial charge on any atom is 0.228 e. The van der Waals surface area contributed by atoms with Gasteiger partial charge in [0.15, 0.2) is 0 Å². The van der Waals surface area contributed by atoms with Gasteiger partial charge in [-0.3, -0.25) is 4.79 Å². The van der Waals surface area contributed by atoms with E-state index in [0.29, 0.717) is 26.1 Å². The molecule has 35 heavy (non-hydrogen) atoms. The first-order valence-corrected chi connectivity index (χ1v) is 13.9. The van der Waals surface area contributed by atoms with Crippen LogP contribution in [0.5, 0.6) is 0 Å². The van der Waals surface area contributed by atoms with E-state index in [1.54, 1.807) is 10.8 Å². The molecule has 184 valence electrons. The van der Waals surface area contributed by atoms with Crippen molar-refractivity contribution in [1.82, 2.24) is 14.5 Å². The summed E-state index contributed by atoms with van der Waals surface area (Å²) in [5.41, 5.74) is 2.43. The lowest BCUT2D eigenvalue weighted by molar-refractivity contribution is -0.131. The van der Waals surface area contributed by atoms with Crippen LogP contribution in [-0.4, -0.2) is 47.5 Å². The summed E-state index contributed by atoms with van der Waals surface area (Å²) in [4.78, 5) is 19.5. The largest absolute Gasteiger partial charge is 0.376 e. The maximum absolute atomic E-state index is 13.4. The van der Waals surface area contributed by atoms with Crippen LogP contribution in [0.15, 0.2) is 72.0 Å². The van der Waals surface area contributed by atoms with Crippen molar-refractivity contribution in [3.05, 3.63) is 83.7 Å². The third-order valence-electron chi connectivity index (χ3n) is 6.63. The molecule has 1 aromatic heterocycles. The van der Waals surface area contributed by atoms with E-state index in [-0.39, 0.29) is 29.0 Å². The van der Waals surface area contributed by atoms with Gasteiger partial charge in [-0.2, -0.15) is 0 Å². The van der Waals surface area contributed by atoms with Gasteiger partial charge in [0.25, 0.3) is 0 Å². The second-order valence-corrected chi connectivity index (χ2v) is 11.3. The van der Waals surface area contributed by atoms with Crippen LogP contribution in [0.2, 0.25) is 0 Å². The first-order chi connectivity index (χ1) is 17.0. The monoisotopic (exact) mass is 493 g/mol. The van der Waals surface area contributed by atoms with E-state index >= 15 is 0 Å². The number of carbonyl (C=O) groups is 1. The predicted molar refractivity (Wildman–Crippen MR) is 132 cm³/mol. The van der Waals surface area contributed by atoms with E-state index in [1.807, 2.05) is 65.6 Å². The van der Waals surface area contributed by atoms with Crippen molar-refractivity contribution >= 4 is 15.7 Å². The number of benzene rings is 2. The average molecular weight is 494 g/mol. The predicted octanol–water partition coefficient (Wildman–Crippen LogP) is 3.77. The van der Waals surface area contributed by atoms with Crippen LogP contribution < -0.4 is 0 Å². The Morgan fingerprint density at radius 2 is 1.69 bits per heavy atom. The standard InChI is InChI=1S/C27H31N3O4S/c31-26(16-21-8-3-1-4-9-21)29(23-13-14-23)18-24-17-28-27(30(24)19-25-12-7-15-34-25)35(32,33)20-22-10-5-2-6-11-22/h1-6,8-11,17,23,25H,7,12-16,18-20H2/t25-/m1/s1. The number of nitrogens with zero attached hydrogens (tertiary/aromatic N) is 3. The maximum atomic E-state index is 13.4. The van der Waals surface area contributed by atoms with Gasteiger partial charge in [-0.15, -0.1) is 0 Å². The van der Waals surface area contributed by atoms with E-state index in [0.717, 1.165) is 42.5 Å². The lowest BCUT2D eigenvalue weighted by Gasteiger charge is -2.24. The zero-order valence-electron chi connectivity index (χ0n) is 19.8. The molecule has 2 aliphatic rings. The van der Waals surface area contributed by atoms with E-state index in [2.05, 4.69) is 4.98 Å². The van der Waals surface area contributed by atoms with Gasteiger partial charge in [-0.1, -0.05) is 60.7 Å². The van der Waals surface area contributed by atoms with Crippen LogP contribution in [0.3, 0.4) is 0 Å². The summed E-state index contributed by atoms with van der Waals surface area (Å²) in [6.45, 7) is 1.45. The fourth-order valence-electron chi connectivity index (χ4n) is 4.67. The van der Waals surface area contributed by atoms with Crippen molar-refractivity contribution in [2.24, 2.45) is 0 Å². The Morgan fingerprint density at radius 1 is 1.00 bits per heavy atom. The Balaban J connectivity index is 1.42. The molecule has 0 unspecified atom stereocenters. The number of imidazole rings is 1. The molecule has 0 radical (unpaired) electrons. The van der Waals surface area contributed by atoms with Gasteiger partial charge in [0.05, 0.1) is 43.3 Å². The molecule has 2 heterocycles. The quantitative estimate of drug-likeness (QED) is 0.430. The Bertz CT molecular complexity index is 1250. The highest BCUT2D eigenvalue weighted by Crippen LogP contribution is 2.30. The lowest BCUT2D eigenvalue weighted by atomic mass is 10.1. The molecule has 1 saturated carbocycles. The summed E-state index contributed by atoms with van der Waals surface area (Å²) < 4.78 is 34.4. The number of hydrogen-bond donors (Lipinski definition) is 0. The molecule has 1 saturated heterocycles. The molecule has 3 aromatic rings. The number of ether oxygens (including phenoxy) is 1. The van der Waals surface area contributed by atoms with Crippen LogP contribution in [0.1, 0.15) is 42.5 Å². The molecule has 5 rings (SSSR count). The van der Waals surface area contributed by atoms with Crippen molar-refractivity contribution in [1.29, 1.82) is 0 Å². The molecular weight excluding hydrogens is 462 g/mol. The summed E-state index contributed by atoms with van der Waals surface area (Å²) in [6.07, 6.45) is 5.69. The molecule has 8 heteroatoms. The van der Waals surface area contributed by atoms with E-state index in [4.69, 9.17) is 4.74 Å². The number of carbonyl (C=O) groups excluding carboxylic acids is 1. The Kier molecular flexibility index (Phi) is 7.02. The summed E-state index contributed by atoms with van der Waals surface area (Å²) in [5.74, 6) is -0.0630. The van der Waals surface area contributed by atoms with Gasteiger partial charge in [0.1, 0.15) is 0 Å². The number of hydrogen-bond acceptors (Lipinski definition) is 5. The zero-order valence-corrected chi connectivity index (χ0v) is 20.6. The lowest BCUT2D eigenvalue weighted by Crippen LogP contribution is -2.35. The molecule has 2 aromatic carbocycles. The van der Waals surface area contributed by atoms with Gasteiger partial charge in [-0.25, -0.2) is 13.4 Å². The Labute approximate surface area is 206 Å². The Hall–Kier alpha value is -2.97. The fourth-order valence-corrected chi connectivity index (χ4v) is 6.17.